The Morgan fingerprint density at radius 1 is 1.39 bits per heavy atom. The molecule has 1 saturated heterocycles. The van der Waals surface area contributed by atoms with E-state index in [0.717, 1.165) is 4.90 Å². The molecule has 18 heavy (non-hydrogen) atoms. The number of aliphatic hydroxyl groups excluding tert-OH is 3. The van der Waals surface area contributed by atoms with Crippen LogP contribution in [0.3, 0.4) is 0 Å². The lowest BCUT2D eigenvalue weighted by Crippen LogP contribution is -2.56. The minimum absolute atomic E-state index is 0.273. The van der Waals surface area contributed by atoms with E-state index in [1.54, 1.807) is 0 Å². The number of aliphatic hydroxyl groups is 3. The molecule has 0 aliphatic carbocycles. The Bertz CT molecular complexity index is 364. The molecule has 1 fully saturated rings. The van der Waals surface area contributed by atoms with E-state index in [2.05, 4.69) is 0 Å². The smallest absolute Gasteiger partial charge is 0.351 e. The highest BCUT2D eigenvalue weighted by molar-refractivity contribution is 5.76. The van der Waals surface area contributed by atoms with E-state index < -0.39 is 43.3 Å². The van der Waals surface area contributed by atoms with Gasteiger partial charge in [-0.2, -0.15) is 5.06 Å². The fourth-order valence-corrected chi connectivity index (χ4v) is 1.88. The summed E-state index contributed by atoms with van der Waals surface area (Å²) < 4.78 is 5.15. The van der Waals surface area contributed by atoms with Crippen LogP contribution in [0.2, 0.25) is 0 Å². The van der Waals surface area contributed by atoms with Gasteiger partial charge in [0.2, 0.25) is 0 Å². The molecule has 9 heteroatoms. The largest absolute Gasteiger partial charge is 0.394 e. The molecule has 102 valence electrons. The van der Waals surface area contributed by atoms with Crippen molar-refractivity contribution in [2.24, 2.45) is 5.73 Å². The SMILES string of the molecule is NC1C=CN(C2OC(CO)C(O)C2O)C(=O)N1O. The minimum Gasteiger partial charge on any atom is -0.394 e. The third kappa shape index (κ3) is 1.96. The molecule has 2 aliphatic heterocycles. The number of nitrogens with two attached hydrogens (primary N) is 1. The second-order valence-electron chi connectivity index (χ2n) is 4.10. The third-order valence-corrected chi connectivity index (χ3v) is 2.93. The number of urea groups is 1. The zero-order chi connectivity index (χ0) is 13.4. The lowest BCUT2D eigenvalue weighted by Gasteiger charge is -2.34. The Morgan fingerprint density at radius 3 is 2.61 bits per heavy atom. The van der Waals surface area contributed by atoms with Crippen LogP contribution in [0.15, 0.2) is 12.3 Å². The molecule has 9 nitrogen and oxygen atoms in total. The van der Waals surface area contributed by atoms with Crippen LogP contribution in [0.1, 0.15) is 0 Å². The van der Waals surface area contributed by atoms with E-state index in [4.69, 9.17) is 15.6 Å². The first-order valence-corrected chi connectivity index (χ1v) is 5.34. The van der Waals surface area contributed by atoms with Crippen molar-refractivity contribution >= 4 is 6.03 Å². The highest BCUT2D eigenvalue weighted by Gasteiger charge is 2.47. The van der Waals surface area contributed by atoms with Crippen LogP contribution in [0.5, 0.6) is 0 Å². The van der Waals surface area contributed by atoms with Gasteiger partial charge < -0.3 is 25.8 Å². The lowest BCUT2D eigenvalue weighted by molar-refractivity contribution is -0.114. The van der Waals surface area contributed by atoms with E-state index in [9.17, 15) is 20.2 Å². The summed E-state index contributed by atoms with van der Waals surface area (Å²) in [6, 6.07) is -0.889. The van der Waals surface area contributed by atoms with E-state index in [1.807, 2.05) is 0 Å². The van der Waals surface area contributed by atoms with Crippen LogP contribution in [0.4, 0.5) is 4.79 Å². The van der Waals surface area contributed by atoms with Crippen molar-refractivity contribution in [3.05, 3.63) is 12.3 Å². The first-order valence-electron chi connectivity index (χ1n) is 5.34. The van der Waals surface area contributed by atoms with Crippen molar-refractivity contribution in [3.63, 3.8) is 0 Å². The Kier molecular flexibility index (Phi) is 3.52. The molecule has 2 heterocycles. The molecule has 5 unspecified atom stereocenters. The second-order valence-corrected chi connectivity index (χ2v) is 4.10. The quantitative estimate of drug-likeness (QED) is 0.342. The Balaban J connectivity index is 2.18. The molecule has 0 saturated carbocycles. The Morgan fingerprint density at radius 2 is 2.06 bits per heavy atom. The summed E-state index contributed by atoms with van der Waals surface area (Å²) >= 11 is 0. The second kappa shape index (κ2) is 4.80. The van der Waals surface area contributed by atoms with E-state index in [-0.39, 0.29) is 5.06 Å². The molecule has 5 atom stereocenters. The van der Waals surface area contributed by atoms with Crippen LogP contribution in [-0.4, -0.2) is 73.8 Å². The van der Waals surface area contributed by atoms with E-state index in [1.165, 1.54) is 12.3 Å². The fourth-order valence-electron chi connectivity index (χ4n) is 1.88. The molecule has 0 radical (unpaired) electrons. The average molecular weight is 261 g/mol. The first-order chi connectivity index (χ1) is 8.47. The third-order valence-electron chi connectivity index (χ3n) is 2.93. The van der Waals surface area contributed by atoms with Gasteiger partial charge in [-0.1, -0.05) is 0 Å². The number of carbonyl (C=O) groups is 1. The molecule has 0 aromatic carbocycles. The summed E-state index contributed by atoms with van der Waals surface area (Å²) in [5, 5.41) is 37.9. The highest BCUT2D eigenvalue weighted by Crippen LogP contribution is 2.26. The van der Waals surface area contributed by atoms with Gasteiger partial charge in [-0.3, -0.25) is 10.1 Å². The monoisotopic (exact) mass is 261 g/mol. The van der Waals surface area contributed by atoms with Gasteiger partial charge >= 0.3 is 6.03 Å². The van der Waals surface area contributed by atoms with Crippen LogP contribution >= 0.6 is 0 Å². The maximum absolute atomic E-state index is 11.7. The minimum atomic E-state index is -1.39. The summed E-state index contributed by atoms with van der Waals surface area (Å²) in [5.74, 6) is 0. The van der Waals surface area contributed by atoms with Crippen molar-refractivity contribution in [1.29, 1.82) is 0 Å². The molecule has 2 amide bonds. The molecular formula is C9H15N3O6. The number of hydroxylamine groups is 2. The maximum Gasteiger partial charge on any atom is 0.351 e. The van der Waals surface area contributed by atoms with Crippen LogP contribution in [0, 0.1) is 0 Å². The fraction of sp³-hybridized carbons (Fsp3) is 0.667. The first kappa shape index (κ1) is 13.2. The summed E-state index contributed by atoms with van der Waals surface area (Å²) in [6.07, 6.45) is -3.30. The predicted molar refractivity (Wildman–Crippen MR) is 55.7 cm³/mol. The molecule has 6 N–H and O–H groups in total. The van der Waals surface area contributed by atoms with Crippen molar-refractivity contribution in [1.82, 2.24) is 9.96 Å². The van der Waals surface area contributed by atoms with Gasteiger partial charge in [0.15, 0.2) is 6.23 Å². The number of rotatable bonds is 2. The van der Waals surface area contributed by atoms with Crippen LogP contribution in [-0.2, 0) is 4.74 Å². The Hall–Kier alpha value is -1.23. The topological polar surface area (TPSA) is 140 Å². The molecular weight excluding hydrogens is 246 g/mol. The zero-order valence-electron chi connectivity index (χ0n) is 9.33. The average Bonchev–Trinajstić information content (AvgIpc) is 2.64. The molecule has 0 bridgehead atoms. The van der Waals surface area contributed by atoms with Crippen molar-refractivity contribution in [2.45, 2.75) is 30.7 Å². The molecule has 0 aromatic heterocycles. The van der Waals surface area contributed by atoms with Crippen LogP contribution in [0.25, 0.3) is 0 Å². The Labute approximate surface area is 102 Å². The lowest BCUT2D eigenvalue weighted by atomic mass is 10.1. The number of ether oxygens (including phenoxy) is 1. The normalized spacial score (nSPS) is 40.7. The molecule has 0 aromatic rings. The van der Waals surface area contributed by atoms with Gasteiger partial charge in [0.1, 0.15) is 24.5 Å². The molecule has 2 aliphatic rings. The molecule has 0 spiro atoms. The predicted octanol–water partition coefficient (Wildman–Crippen LogP) is -2.65. The summed E-state index contributed by atoms with van der Waals surface area (Å²) in [6.45, 7) is -0.497. The summed E-state index contributed by atoms with van der Waals surface area (Å²) in [4.78, 5) is 12.6. The number of hydrogen-bond acceptors (Lipinski definition) is 7. The van der Waals surface area contributed by atoms with Crippen LogP contribution < -0.4 is 5.73 Å². The number of nitrogens with zero attached hydrogens (tertiary/aromatic N) is 2. The van der Waals surface area contributed by atoms with Crippen molar-refractivity contribution in [2.75, 3.05) is 6.61 Å². The number of carbonyl (C=O) groups excluding carboxylic acids is 1. The zero-order valence-corrected chi connectivity index (χ0v) is 9.33. The van der Waals surface area contributed by atoms with Gasteiger partial charge in [0, 0.05) is 6.20 Å². The van der Waals surface area contributed by atoms with Gasteiger partial charge in [0.25, 0.3) is 0 Å². The standard InChI is InChI=1S/C9H15N3O6/c10-5-1-2-11(9(16)12(5)17)8-7(15)6(14)4(3-13)18-8/h1-2,4-8,13-15,17H,3,10H2. The maximum atomic E-state index is 11.7. The number of hydrogen-bond donors (Lipinski definition) is 5. The van der Waals surface area contributed by atoms with Gasteiger partial charge in [-0.25, -0.2) is 4.79 Å². The molecule has 2 rings (SSSR count). The highest BCUT2D eigenvalue weighted by atomic mass is 16.6. The van der Waals surface area contributed by atoms with Gasteiger partial charge in [-0.05, 0) is 6.08 Å². The van der Waals surface area contributed by atoms with E-state index >= 15 is 0 Å². The van der Waals surface area contributed by atoms with Gasteiger partial charge in [-0.15, -0.1) is 0 Å². The summed E-state index contributed by atoms with van der Waals surface area (Å²) in [5.41, 5.74) is 5.39. The van der Waals surface area contributed by atoms with Crippen molar-refractivity contribution < 1.29 is 30.1 Å². The summed E-state index contributed by atoms with van der Waals surface area (Å²) in [7, 11) is 0. The van der Waals surface area contributed by atoms with Gasteiger partial charge in [0.05, 0.1) is 6.61 Å². The number of amides is 2. The van der Waals surface area contributed by atoms with E-state index in [0.29, 0.717) is 0 Å². The van der Waals surface area contributed by atoms with Crippen molar-refractivity contribution in [3.8, 4) is 0 Å².